The van der Waals surface area contributed by atoms with Gasteiger partial charge < -0.3 is 0 Å². The second-order valence-corrected chi connectivity index (χ2v) is 8.60. The lowest BCUT2D eigenvalue weighted by molar-refractivity contribution is -0.128. The lowest BCUT2D eigenvalue weighted by atomic mass is 10.1. The third-order valence-electron chi connectivity index (χ3n) is 5.07. The molecule has 1 amide bonds. The van der Waals surface area contributed by atoms with Gasteiger partial charge >= 0.3 is 0 Å². The van der Waals surface area contributed by atoms with Crippen molar-refractivity contribution in [2.75, 3.05) is 6.54 Å². The summed E-state index contributed by atoms with van der Waals surface area (Å²) >= 11 is 9.56. The van der Waals surface area contributed by atoms with Crippen molar-refractivity contribution >= 4 is 39.1 Å². The Balaban J connectivity index is 1.71. The van der Waals surface area contributed by atoms with Gasteiger partial charge in [-0.1, -0.05) is 82.1 Å². The molecule has 30 heavy (non-hydrogen) atoms. The van der Waals surface area contributed by atoms with Crippen LogP contribution < -0.4 is 0 Å². The van der Waals surface area contributed by atoms with E-state index in [0.29, 0.717) is 18.1 Å². The van der Waals surface area contributed by atoms with Crippen LogP contribution >= 0.6 is 27.5 Å². The van der Waals surface area contributed by atoms with E-state index < -0.39 is 0 Å². The number of benzene rings is 3. The monoisotopic (exact) mass is 481 g/mol. The first-order chi connectivity index (χ1) is 14.5. The summed E-state index contributed by atoms with van der Waals surface area (Å²) < 4.78 is 0.970. The molecule has 0 unspecified atom stereocenters. The molecule has 0 bridgehead atoms. The molecule has 152 valence electrons. The molecule has 3 aromatic rings. The fourth-order valence-corrected chi connectivity index (χ4v) is 4.17. The van der Waals surface area contributed by atoms with Crippen LogP contribution in [-0.2, 0) is 11.3 Å². The number of hydrogen-bond donors (Lipinski definition) is 0. The Morgan fingerprint density at radius 1 is 1.07 bits per heavy atom. The Morgan fingerprint density at radius 2 is 1.80 bits per heavy atom. The van der Waals surface area contributed by atoms with Crippen LogP contribution in [-0.4, -0.2) is 28.1 Å². The maximum atomic E-state index is 13.0. The number of hydrogen-bond acceptors (Lipinski definition) is 3. The summed E-state index contributed by atoms with van der Waals surface area (Å²) in [5.74, 6) is -0.0239. The second-order valence-electron chi connectivity index (χ2n) is 7.25. The van der Waals surface area contributed by atoms with Gasteiger partial charge in [0.2, 0.25) is 0 Å². The predicted molar refractivity (Wildman–Crippen MR) is 124 cm³/mol. The van der Waals surface area contributed by atoms with Crippen molar-refractivity contribution < 1.29 is 4.79 Å². The van der Waals surface area contributed by atoms with E-state index in [1.807, 2.05) is 73.7 Å². The van der Waals surface area contributed by atoms with Gasteiger partial charge in [-0.3, -0.25) is 9.69 Å². The first kappa shape index (κ1) is 20.8. The summed E-state index contributed by atoms with van der Waals surface area (Å²) in [7, 11) is 0. The topological polar surface area (TPSA) is 35.9 Å². The highest BCUT2D eigenvalue weighted by molar-refractivity contribution is 9.10. The molecule has 1 heterocycles. The molecule has 3 aromatic carbocycles. The summed E-state index contributed by atoms with van der Waals surface area (Å²) in [6.45, 7) is 2.88. The van der Waals surface area contributed by atoms with Crippen molar-refractivity contribution in [3.8, 4) is 0 Å². The van der Waals surface area contributed by atoms with E-state index in [0.717, 1.165) is 26.9 Å². The van der Waals surface area contributed by atoms with Gasteiger partial charge in [0.15, 0.2) is 0 Å². The molecule has 0 saturated carbocycles. The van der Waals surface area contributed by atoms with Crippen LogP contribution in [0.3, 0.4) is 0 Å². The van der Waals surface area contributed by atoms with E-state index in [9.17, 15) is 4.79 Å². The number of rotatable bonds is 5. The van der Waals surface area contributed by atoms with E-state index in [2.05, 4.69) is 33.0 Å². The largest absolute Gasteiger partial charge is 0.271 e. The summed E-state index contributed by atoms with van der Waals surface area (Å²) in [6, 6.07) is 25.7. The molecular weight excluding hydrogens is 462 g/mol. The fraction of sp³-hybridized carbons (Fsp3) is 0.167. The molecule has 4 nitrogen and oxygen atoms in total. The Bertz CT molecular complexity index is 1070. The molecule has 0 aliphatic carbocycles. The summed E-state index contributed by atoms with van der Waals surface area (Å²) in [5.41, 5.74) is 3.87. The minimum absolute atomic E-state index is 0.0239. The third-order valence-corrected chi connectivity index (χ3v) is 5.81. The highest BCUT2D eigenvalue weighted by Crippen LogP contribution is 2.34. The van der Waals surface area contributed by atoms with Gasteiger partial charge in [-0.05, 0) is 47.9 Å². The smallest absolute Gasteiger partial charge is 0.258 e. The maximum absolute atomic E-state index is 13.0. The second kappa shape index (κ2) is 9.13. The van der Waals surface area contributed by atoms with Crippen LogP contribution in [0.15, 0.2) is 88.4 Å². The van der Waals surface area contributed by atoms with Crippen LogP contribution in [0.1, 0.15) is 29.8 Å². The molecule has 1 saturated heterocycles. The quantitative estimate of drug-likeness (QED) is 0.426. The zero-order valence-corrected chi connectivity index (χ0v) is 18.8. The van der Waals surface area contributed by atoms with Gasteiger partial charge in [0.1, 0.15) is 6.17 Å². The van der Waals surface area contributed by atoms with Gasteiger partial charge in [0, 0.05) is 16.0 Å². The summed E-state index contributed by atoms with van der Waals surface area (Å²) in [6.07, 6.45) is -0.280. The number of amides is 1. The SMILES string of the molecule is C/C(=N/N1C(=O)CN(Cc2ccccc2)[C@H]1c1cccc(Br)c1)c1ccc(Cl)cc1. The molecule has 1 fully saturated rings. The minimum atomic E-state index is -0.280. The number of carbonyl (C=O) groups excluding carboxylic acids is 1. The van der Waals surface area contributed by atoms with Crippen molar-refractivity contribution in [1.82, 2.24) is 9.91 Å². The zero-order valence-electron chi connectivity index (χ0n) is 16.5. The van der Waals surface area contributed by atoms with Crippen LogP contribution in [0, 0.1) is 0 Å². The first-order valence-electron chi connectivity index (χ1n) is 9.68. The highest BCUT2D eigenvalue weighted by Gasteiger charge is 2.39. The van der Waals surface area contributed by atoms with Crippen LogP contribution in [0.2, 0.25) is 5.02 Å². The van der Waals surface area contributed by atoms with Crippen molar-refractivity contribution in [3.63, 3.8) is 0 Å². The van der Waals surface area contributed by atoms with E-state index >= 15 is 0 Å². The average molecular weight is 483 g/mol. The number of hydrazone groups is 1. The van der Waals surface area contributed by atoms with Crippen molar-refractivity contribution in [3.05, 3.63) is 105 Å². The number of halogens is 2. The third kappa shape index (κ3) is 4.64. The van der Waals surface area contributed by atoms with Gasteiger partial charge in [-0.15, -0.1) is 0 Å². The number of nitrogens with zero attached hydrogens (tertiary/aromatic N) is 3. The molecular formula is C24H21BrClN3O. The lowest BCUT2D eigenvalue weighted by Crippen LogP contribution is -2.29. The van der Waals surface area contributed by atoms with Gasteiger partial charge in [-0.25, -0.2) is 5.01 Å². The van der Waals surface area contributed by atoms with Crippen LogP contribution in [0.25, 0.3) is 0 Å². The Labute approximate surface area is 189 Å². The summed E-state index contributed by atoms with van der Waals surface area (Å²) in [5, 5.41) is 7.01. The van der Waals surface area contributed by atoms with Crippen molar-refractivity contribution in [1.29, 1.82) is 0 Å². The normalized spacial score (nSPS) is 17.6. The molecule has 0 spiro atoms. The van der Waals surface area contributed by atoms with Crippen molar-refractivity contribution in [2.24, 2.45) is 5.10 Å². The summed E-state index contributed by atoms with van der Waals surface area (Å²) in [4.78, 5) is 15.2. The Kier molecular flexibility index (Phi) is 6.32. The molecule has 6 heteroatoms. The Hall–Kier alpha value is -2.47. The predicted octanol–water partition coefficient (Wildman–Crippen LogP) is 5.87. The molecule has 1 aliphatic heterocycles. The van der Waals surface area contributed by atoms with Gasteiger partial charge in [0.05, 0.1) is 12.3 Å². The highest BCUT2D eigenvalue weighted by atomic mass is 79.9. The van der Waals surface area contributed by atoms with Crippen molar-refractivity contribution in [2.45, 2.75) is 19.6 Å². The molecule has 1 atom stereocenters. The first-order valence-corrected chi connectivity index (χ1v) is 10.8. The minimum Gasteiger partial charge on any atom is -0.271 e. The molecule has 1 aliphatic rings. The lowest BCUT2D eigenvalue weighted by Gasteiger charge is -2.28. The standard InChI is InChI=1S/C24H21BrClN3O/c1-17(19-10-12-22(26)13-11-19)27-29-23(30)16-28(15-18-6-3-2-4-7-18)24(29)20-8-5-9-21(25)14-20/h2-14,24H,15-16H2,1H3/b27-17-/t24-/m1/s1. The van der Waals surface area contributed by atoms with Gasteiger partial charge in [-0.2, -0.15) is 5.10 Å². The van der Waals surface area contributed by atoms with E-state index in [1.165, 1.54) is 0 Å². The van der Waals surface area contributed by atoms with E-state index in [1.54, 1.807) is 5.01 Å². The van der Waals surface area contributed by atoms with E-state index in [4.69, 9.17) is 16.7 Å². The Morgan fingerprint density at radius 3 is 2.50 bits per heavy atom. The van der Waals surface area contributed by atoms with E-state index in [-0.39, 0.29) is 12.1 Å². The van der Waals surface area contributed by atoms with Gasteiger partial charge in [0.25, 0.3) is 5.91 Å². The fourth-order valence-electron chi connectivity index (χ4n) is 3.62. The molecule has 0 aromatic heterocycles. The van der Waals surface area contributed by atoms with Crippen LogP contribution in [0.5, 0.6) is 0 Å². The zero-order chi connectivity index (χ0) is 21.1. The molecule has 0 radical (unpaired) electrons. The van der Waals surface area contributed by atoms with Crippen LogP contribution in [0.4, 0.5) is 0 Å². The molecule has 0 N–H and O–H groups in total. The molecule has 4 rings (SSSR count). The average Bonchev–Trinajstić information content (AvgIpc) is 3.04. The number of carbonyl (C=O) groups is 1. The maximum Gasteiger partial charge on any atom is 0.258 e.